The summed E-state index contributed by atoms with van der Waals surface area (Å²) in [5.41, 5.74) is 5.06. The molecule has 1 fully saturated rings. The van der Waals surface area contributed by atoms with E-state index in [2.05, 4.69) is 12.2 Å². The van der Waals surface area contributed by atoms with Gasteiger partial charge < -0.3 is 16.2 Å². The van der Waals surface area contributed by atoms with Gasteiger partial charge >= 0.3 is 0 Å². The first-order valence-electron chi connectivity index (χ1n) is 6.33. The minimum atomic E-state index is -0.680. The highest BCUT2D eigenvalue weighted by Crippen LogP contribution is 2.28. The van der Waals surface area contributed by atoms with E-state index < -0.39 is 11.6 Å². The van der Waals surface area contributed by atoms with Gasteiger partial charge in [0.15, 0.2) is 0 Å². The molecule has 1 atom stereocenters. The van der Waals surface area contributed by atoms with Crippen molar-refractivity contribution in [2.45, 2.75) is 63.5 Å². The molecule has 1 aliphatic carbocycles. The predicted molar refractivity (Wildman–Crippen MR) is 63.9 cm³/mol. The molecule has 0 aromatic carbocycles. The van der Waals surface area contributed by atoms with Gasteiger partial charge in [0.25, 0.3) is 0 Å². The summed E-state index contributed by atoms with van der Waals surface area (Å²) in [5.74, 6) is -0.131. The average molecular weight is 228 g/mol. The van der Waals surface area contributed by atoms with Gasteiger partial charge in [0.1, 0.15) is 0 Å². The molecule has 4 nitrogen and oxygen atoms in total. The van der Waals surface area contributed by atoms with Crippen molar-refractivity contribution in [2.75, 3.05) is 6.54 Å². The summed E-state index contributed by atoms with van der Waals surface area (Å²) >= 11 is 0. The second kappa shape index (κ2) is 6.21. The number of hydrogen-bond donors (Lipinski definition) is 3. The maximum Gasteiger partial charge on any atom is 0.237 e. The average Bonchev–Trinajstić information content (AvgIpc) is 2.70. The van der Waals surface area contributed by atoms with Crippen LogP contribution in [0.4, 0.5) is 0 Å². The normalized spacial score (nSPS) is 20.7. The number of nitrogens with two attached hydrogens (primary N) is 1. The van der Waals surface area contributed by atoms with Gasteiger partial charge in [0, 0.05) is 6.54 Å². The summed E-state index contributed by atoms with van der Waals surface area (Å²) in [6.45, 7) is 2.43. The Morgan fingerprint density at radius 3 is 2.69 bits per heavy atom. The van der Waals surface area contributed by atoms with Crippen molar-refractivity contribution < 1.29 is 9.90 Å². The minimum absolute atomic E-state index is 0.131. The van der Waals surface area contributed by atoms with Gasteiger partial charge in [-0.3, -0.25) is 4.79 Å². The van der Waals surface area contributed by atoms with Crippen LogP contribution in [0.15, 0.2) is 0 Å². The van der Waals surface area contributed by atoms with Gasteiger partial charge in [-0.15, -0.1) is 0 Å². The monoisotopic (exact) mass is 228 g/mol. The smallest absolute Gasteiger partial charge is 0.237 e. The quantitative estimate of drug-likeness (QED) is 0.633. The zero-order valence-electron chi connectivity index (χ0n) is 10.2. The van der Waals surface area contributed by atoms with E-state index in [1.54, 1.807) is 0 Å². The van der Waals surface area contributed by atoms with Crippen LogP contribution in [0.5, 0.6) is 0 Å². The van der Waals surface area contributed by atoms with E-state index in [1.807, 2.05) is 0 Å². The molecule has 1 aliphatic rings. The maximum absolute atomic E-state index is 11.6. The third kappa shape index (κ3) is 4.10. The Balaban J connectivity index is 2.23. The number of hydrogen-bond acceptors (Lipinski definition) is 3. The van der Waals surface area contributed by atoms with Crippen molar-refractivity contribution >= 4 is 5.91 Å². The van der Waals surface area contributed by atoms with Crippen LogP contribution in [-0.2, 0) is 4.79 Å². The summed E-state index contributed by atoms with van der Waals surface area (Å²) in [6.07, 6.45) is 6.42. The summed E-state index contributed by atoms with van der Waals surface area (Å²) < 4.78 is 0. The van der Waals surface area contributed by atoms with Gasteiger partial charge in [-0.2, -0.15) is 0 Å². The summed E-state index contributed by atoms with van der Waals surface area (Å²) in [5, 5.41) is 12.8. The fraction of sp³-hybridized carbons (Fsp3) is 0.917. The van der Waals surface area contributed by atoms with Crippen LogP contribution in [0.2, 0.25) is 0 Å². The molecule has 4 heteroatoms. The fourth-order valence-electron chi connectivity index (χ4n) is 2.15. The lowest BCUT2D eigenvalue weighted by atomic mass is 10.0. The SMILES string of the molecule is CCCC[C@H](N)C(=O)NCC1(O)CCCC1. The Labute approximate surface area is 97.6 Å². The van der Waals surface area contributed by atoms with Crippen LogP contribution >= 0.6 is 0 Å². The van der Waals surface area contributed by atoms with Crippen molar-refractivity contribution in [2.24, 2.45) is 5.73 Å². The van der Waals surface area contributed by atoms with E-state index in [-0.39, 0.29) is 5.91 Å². The maximum atomic E-state index is 11.6. The minimum Gasteiger partial charge on any atom is -0.388 e. The number of aliphatic hydroxyl groups is 1. The van der Waals surface area contributed by atoms with Crippen molar-refractivity contribution in [1.82, 2.24) is 5.32 Å². The van der Waals surface area contributed by atoms with E-state index >= 15 is 0 Å². The number of amides is 1. The van der Waals surface area contributed by atoms with Crippen molar-refractivity contribution in [1.29, 1.82) is 0 Å². The second-order valence-corrected chi connectivity index (χ2v) is 4.90. The lowest BCUT2D eigenvalue weighted by Gasteiger charge is -2.23. The highest BCUT2D eigenvalue weighted by molar-refractivity contribution is 5.81. The number of unbranched alkanes of at least 4 members (excludes halogenated alkanes) is 1. The standard InChI is InChI=1S/C12H24N2O2/c1-2-3-6-10(13)11(15)14-9-12(16)7-4-5-8-12/h10,16H,2-9,13H2,1H3,(H,14,15)/t10-/m0/s1. The molecule has 0 aliphatic heterocycles. The summed E-state index contributed by atoms with van der Waals surface area (Å²) in [4.78, 5) is 11.6. The zero-order chi connectivity index (χ0) is 12.0. The molecule has 0 unspecified atom stereocenters. The van der Waals surface area contributed by atoms with Crippen LogP contribution < -0.4 is 11.1 Å². The lowest BCUT2D eigenvalue weighted by Crippen LogP contribution is -2.47. The van der Waals surface area contributed by atoms with Gasteiger partial charge in [-0.1, -0.05) is 32.6 Å². The molecule has 0 saturated heterocycles. The molecule has 1 rings (SSSR count). The highest BCUT2D eigenvalue weighted by Gasteiger charge is 2.31. The number of rotatable bonds is 6. The molecule has 0 radical (unpaired) electrons. The van der Waals surface area contributed by atoms with Crippen molar-refractivity contribution in [3.05, 3.63) is 0 Å². The molecule has 1 saturated carbocycles. The molecule has 0 bridgehead atoms. The Morgan fingerprint density at radius 1 is 1.50 bits per heavy atom. The van der Waals surface area contributed by atoms with Gasteiger partial charge in [-0.05, 0) is 19.3 Å². The van der Waals surface area contributed by atoms with Crippen LogP contribution in [-0.4, -0.2) is 29.2 Å². The van der Waals surface area contributed by atoms with Crippen LogP contribution in [0.3, 0.4) is 0 Å². The third-order valence-corrected chi connectivity index (χ3v) is 3.33. The molecule has 94 valence electrons. The van der Waals surface area contributed by atoms with Crippen LogP contribution in [0.1, 0.15) is 51.9 Å². The van der Waals surface area contributed by atoms with E-state index in [1.165, 1.54) is 0 Å². The second-order valence-electron chi connectivity index (χ2n) is 4.90. The number of carbonyl (C=O) groups excluding carboxylic acids is 1. The molecule has 16 heavy (non-hydrogen) atoms. The predicted octanol–water partition coefficient (Wildman–Crippen LogP) is 0.925. The first kappa shape index (κ1) is 13.5. The first-order chi connectivity index (χ1) is 7.57. The fourth-order valence-corrected chi connectivity index (χ4v) is 2.15. The Bertz CT molecular complexity index is 225. The zero-order valence-corrected chi connectivity index (χ0v) is 10.2. The first-order valence-corrected chi connectivity index (χ1v) is 6.33. The van der Waals surface area contributed by atoms with Crippen molar-refractivity contribution in [3.63, 3.8) is 0 Å². The summed E-state index contributed by atoms with van der Waals surface area (Å²) in [6, 6.07) is -0.426. The van der Waals surface area contributed by atoms with E-state index in [0.717, 1.165) is 44.9 Å². The number of carbonyl (C=O) groups is 1. The van der Waals surface area contributed by atoms with Gasteiger partial charge in [0.05, 0.1) is 11.6 Å². The molecule has 0 aromatic heterocycles. The van der Waals surface area contributed by atoms with Crippen molar-refractivity contribution in [3.8, 4) is 0 Å². The molecular weight excluding hydrogens is 204 g/mol. The number of nitrogens with one attached hydrogen (secondary N) is 1. The summed E-state index contributed by atoms with van der Waals surface area (Å²) in [7, 11) is 0. The molecule has 0 heterocycles. The topological polar surface area (TPSA) is 75.4 Å². The van der Waals surface area contributed by atoms with E-state index in [4.69, 9.17) is 5.73 Å². The lowest BCUT2D eigenvalue weighted by molar-refractivity contribution is -0.123. The van der Waals surface area contributed by atoms with Gasteiger partial charge in [-0.25, -0.2) is 0 Å². The largest absolute Gasteiger partial charge is 0.388 e. The molecule has 0 aromatic rings. The van der Waals surface area contributed by atoms with E-state index in [9.17, 15) is 9.90 Å². The Morgan fingerprint density at radius 2 is 2.12 bits per heavy atom. The van der Waals surface area contributed by atoms with Gasteiger partial charge in [0.2, 0.25) is 5.91 Å². The molecular formula is C12H24N2O2. The Kier molecular flexibility index (Phi) is 5.22. The third-order valence-electron chi connectivity index (χ3n) is 3.33. The van der Waals surface area contributed by atoms with Crippen LogP contribution in [0, 0.1) is 0 Å². The highest BCUT2D eigenvalue weighted by atomic mass is 16.3. The molecule has 0 spiro atoms. The van der Waals surface area contributed by atoms with Crippen LogP contribution in [0.25, 0.3) is 0 Å². The molecule has 4 N–H and O–H groups in total. The molecule has 1 amide bonds. The van der Waals surface area contributed by atoms with E-state index in [0.29, 0.717) is 6.54 Å². The Hall–Kier alpha value is -0.610.